The van der Waals surface area contributed by atoms with Crippen LogP contribution in [-0.4, -0.2) is 26.9 Å². The van der Waals surface area contributed by atoms with Gasteiger partial charge in [0.05, 0.1) is 20.3 Å². The van der Waals surface area contributed by atoms with Crippen molar-refractivity contribution in [2.45, 2.75) is 13.3 Å². The predicted molar refractivity (Wildman–Crippen MR) is 66.3 cm³/mol. The molecule has 0 atom stereocenters. The molecule has 0 aliphatic heterocycles. The molecule has 0 fully saturated rings. The number of hydrogen-bond acceptors (Lipinski definition) is 3. The summed E-state index contributed by atoms with van der Waals surface area (Å²) in [5.41, 5.74) is 7.42. The van der Waals surface area contributed by atoms with Crippen LogP contribution in [-0.2, 0) is 11.2 Å². The Kier molecular flexibility index (Phi) is 5.60. The van der Waals surface area contributed by atoms with Gasteiger partial charge in [0.15, 0.2) is 0 Å². The van der Waals surface area contributed by atoms with Gasteiger partial charge >= 0.3 is 0 Å². The van der Waals surface area contributed by atoms with E-state index in [1.807, 2.05) is 19.1 Å². The number of aryl methyl sites for hydroxylation is 1. The van der Waals surface area contributed by atoms with E-state index in [2.05, 4.69) is 0 Å². The number of methoxy groups -OCH3 is 1. The van der Waals surface area contributed by atoms with E-state index in [0.717, 1.165) is 28.3 Å². The van der Waals surface area contributed by atoms with Gasteiger partial charge in [-0.1, -0.05) is 11.6 Å². The lowest BCUT2D eigenvalue weighted by Crippen LogP contribution is -2.10. The third-order valence-electron chi connectivity index (χ3n) is 2.34. The lowest BCUT2D eigenvalue weighted by atomic mass is 10.1. The van der Waals surface area contributed by atoms with Crippen LogP contribution in [0.4, 0.5) is 0 Å². The van der Waals surface area contributed by atoms with E-state index in [1.165, 1.54) is 0 Å². The van der Waals surface area contributed by atoms with Crippen molar-refractivity contribution in [2.24, 2.45) is 5.73 Å². The minimum atomic E-state index is 0.547. The molecule has 0 heterocycles. The molecule has 0 amide bonds. The second kappa shape index (κ2) is 6.74. The summed E-state index contributed by atoms with van der Waals surface area (Å²) in [4.78, 5) is 0. The normalized spacial score (nSPS) is 10.5. The molecule has 0 radical (unpaired) electrons. The Morgan fingerprint density at radius 2 is 2.06 bits per heavy atom. The Bertz CT molecular complexity index is 342. The number of halogens is 1. The van der Waals surface area contributed by atoms with Gasteiger partial charge in [0.2, 0.25) is 0 Å². The highest BCUT2D eigenvalue weighted by molar-refractivity contribution is 6.31. The van der Waals surface area contributed by atoms with Crippen LogP contribution in [0.15, 0.2) is 12.1 Å². The standard InChI is InChI=1S/C12H18ClNO2/c1-9-7-12(15-2)10(8-11(9)13)3-5-16-6-4-14/h7-8H,3-6,14H2,1-2H3. The zero-order chi connectivity index (χ0) is 12.0. The Labute approximate surface area is 101 Å². The topological polar surface area (TPSA) is 44.5 Å². The summed E-state index contributed by atoms with van der Waals surface area (Å²) in [7, 11) is 1.66. The van der Waals surface area contributed by atoms with Crippen LogP contribution >= 0.6 is 11.6 Å². The lowest BCUT2D eigenvalue weighted by Gasteiger charge is -2.11. The van der Waals surface area contributed by atoms with Gasteiger partial charge in [-0.05, 0) is 36.6 Å². The average Bonchev–Trinajstić information content (AvgIpc) is 2.28. The molecule has 3 nitrogen and oxygen atoms in total. The molecule has 90 valence electrons. The number of ether oxygens (including phenoxy) is 2. The number of benzene rings is 1. The van der Waals surface area contributed by atoms with E-state index in [1.54, 1.807) is 7.11 Å². The van der Waals surface area contributed by atoms with E-state index in [-0.39, 0.29) is 0 Å². The molecule has 4 heteroatoms. The van der Waals surface area contributed by atoms with E-state index in [9.17, 15) is 0 Å². The second-order valence-electron chi connectivity index (χ2n) is 3.56. The third-order valence-corrected chi connectivity index (χ3v) is 2.75. The van der Waals surface area contributed by atoms with E-state index in [0.29, 0.717) is 19.8 Å². The molecule has 1 rings (SSSR count). The van der Waals surface area contributed by atoms with Crippen LogP contribution in [0.2, 0.25) is 5.02 Å². The summed E-state index contributed by atoms with van der Waals surface area (Å²) in [5, 5.41) is 0.759. The molecular weight excluding hydrogens is 226 g/mol. The van der Waals surface area contributed by atoms with Gasteiger partial charge in [0.25, 0.3) is 0 Å². The largest absolute Gasteiger partial charge is 0.496 e. The predicted octanol–water partition coefficient (Wildman–Crippen LogP) is 2.17. The molecule has 0 saturated carbocycles. The van der Waals surface area contributed by atoms with Crippen molar-refractivity contribution in [1.82, 2.24) is 0 Å². The van der Waals surface area contributed by atoms with Crippen LogP contribution in [0.25, 0.3) is 0 Å². The second-order valence-corrected chi connectivity index (χ2v) is 3.97. The van der Waals surface area contributed by atoms with Crippen LogP contribution in [0, 0.1) is 6.92 Å². The summed E-state index contributed by atoms with van der Waals surface area (Å²) in [6.07, 6.45) is 0.781. The number of rotatable bonds is 6. The highest BCUT2D eigenvalue weighted by Crippen LogP contribution is 2.26. The fraction of sp³-hybridized carbons (Fsp3) is 0.500. The molecular formula is C12H18ClNO2. The maximum Gasteiger partial charge on any atom is 0.122 e. The van der Waals surface area contributed by atoms with Gasteiger partial charge in [-0.25, -0.2) is 0 Å². The Hall–Kier alpha value is -0.770. The molecule has 0 spiro atoms. The molecule has 0 saturated heterocycles. The van der Waals surface area contributed by atoms with Crippen LogP contribution in [0.3, 0.4) is 0 Å². The van der Waals surface area contributed by atoms with Crippen molar-refractivity contribution >= 4 is 11.6 Å². The van der Waals surface area contributed by atoms with Gasteiger partial charge in [-0.15, -0.1) is 0 Å². The smallest absolute Gasteiger partial charge is 0.122 e. The molecule has 16 heavy (non-hydrogen) atoms. The first-order valence-electron chi connectivity index (χ1n) is 5.30. The van der Waals surface area contributed by atoms with Gasteiger partial charge in [0.1, 0.15) is 5.75 Å². The lowest BCUT2D eigenvalue weighted by molar-refractivity contribution is 0.144. The number of hydrogen-bond donors (Lipinski definition) is 1. The van der Waals surface area contributed by atoms with Gasteiger partial charge in [-0.2, -0.15) is 0 Å². The minimum Gasteiger partial charge on any atom is -0.496 e. The van der Waals surface area contributed by atoms with Crippen molar-refractivity contribution < 1.29 is 9.47 Å². The molecule has 0 bridgehead atoms. The summed E-state index contributed by atoms with van der Waals surface area (Å²) in [5.74, 6) is 0.859. The summed E-state index contributed by atoms with van der Waals surface area (Å²) in [6.45, 7) is 3.72. The highest BCUT2D eigenvalue weighted by atomic mass is 35.5. The fourth-order valence-electron chi connectivity index (χ4n) is 1.45. The van der Waals surface area contributed by atoms with Crippen molar-refractivity contribution in [1.29, 1.82) is 0 Å². The summed E-state index contributed by atoms with van der Waals surface area (Å²) in [6, 6.07) is 3.88. The molecule has 0 aromatic heterocycles. The molecule has 1 aromatic rings. The summed E-state index contributed by atoms with van der Waals surface area (Å²) >= 11 is 6.07. The van der Waals surface area contributed by atoms with E-state index in [4.69, 9.17) is 26.8 Å². The highest BCUT2D eigenvalue weighted by Gasteiger charge is 2.06. The van der Waals surface area contributed by atoms with Gasteiger partial charge < -0.3 is 15.2 Å². The Morgan fingerprint density at radius 3 is 2.69 bits per heavy atom. The van der Waals surface area contributed by atoms with Crippen LogP contribution in [0.5, 0.6) is 5.75 Å². The molecule has 2 N–H and O–H groups in total. The Balaban J connectivity index is 2.66. The molecule has 1 aromatic carbocycles. The molecule has 0 unspecified atom stereocenters. The fourth-order valence-corrected chi connectivity index (χ4v) is 1.64. The first-order chi connectivity index (χ1) is 7.69. The first-order valence-corrected chi connectivity index (χ1v) is 5.67. The van der Waals surface area contributed by atoms with Crippen LogP contribution < -0.4 is 10.5 Å². The van der Waals surface area contributed by atoms with Crippen molar-refractivity contribution in [3.05, 3.63) is 28.3 Å². The van der Waals surface area contributed by atoms with Gasteiger partial charge in [0, 0.05) is 11.6 Å². The van der Waals surface area contributed by atoms with Crippen LogP contribution in [0.1, 0.15) is 11.1 Å². The zero-order valence-electron chi connectivity index (χ0n) is 9.75. The van der Waals surface area contributed by atoms with E-state index < -0.39 is 0 Å². The van der Waals surface area contributed by atoms with Crippen molar-refractivity contribution in [3.63, 3.8) is 0 Å². The summed E-state index contributed by atoms with van der Waals surface area (Å²) < 4.78 is 10.6. The van der Waals surface area contributed by atoms with Crippen molar-refractivity contribution in [3.8, 4) is 5.75 Å². The van der Waals surface area contributed by atoms with E-state index >= 15 is 0 Å². The molecule has 0 aliphatic rings. The average molecular weight is 244 g/mol. The maximum absolute atomic E-state index is 6.07. The van der Waals surface area contributed by atoms with Gasteiger partial charge in [-0.3, -0.25) is 0 Å². The number of nitrogens with two attached hydrogens (primary N) is 1. The quantitative estimate of drug-likeness (QED) is 0.779. The first kappa shape index (κ1) is 13.3. The molecule has 0 aliphatic carbocycles. The minimum absolute atomic E-state index is 0.547. The zero-order valence-corrected chi connectivity index (χ0v) is 10.5. The Morgan fingerprint density at radius 1 is 1.31 bits per heavy atom. The maximum atomic E-state index is 6.07. The SMILES string of the molecule is COc1cc(C)c(Cl)cc1CCOCCN. The van der Waals surface area contributed by atoms with Crippen molar-refractivity contribution in [2.75, 3.05) is 26.9 Å². The monoisotopic (exact) mass is 243 g/mol. The third kappa shape index (κ3) is 3.67.